The lowest BCUT2D eigenvalue weighted by Crippen LogP contribution is -2.54. The second kappa shape index (κ2) is 6.27. The zero-order chi connectivity index (χ0) is 14.5. The molecule has 1 saturated heterocycles. The summed E-state index contributed by atoms with van der Waals surface area (Å²) >= 11 is 0. The number of nitrogen functional groups attached to an aromatic ring is 1. The van der Waals surface area contributed by atoms with Crippen molar-refractivity contribution >= 4 is 17.5 Å². The molecule has 0 aromatic heterocycles. The van der Waals surface area contributed by atoms with E-state index in [2.05, 4.69) is 0 Å². The highest BCUT2D eigenvalue weighted by Gasteiger charge is 2.28. The summed E-state index contributed by atoms with van der Waals surface area (Å²) < 4.78 is 5.53. The van der Waals surface area contributed by atoms with E-state index in [1.807, 2.05) is 19.1 Å². The van der Waals surface area contributed by atoms with Crippen molar-refractivity contribution in [1.82, 2.24) is 9.80 Å². The smallest absolute Gasteiger partial charge is 0.242 e. The molecular formula is C14H19N3O3. The first-order valence-corrected chi connectivity index (χ1v) is 6.64. The molecule has 0 radical (unpaired) electrons. The Balaban J connectivity index is 1.84. The van der Waals surface area contributed by atoms with Crippen molar-refractivity contribution in [3.63, 3.8) is 0 Å². The molecule has 1 fully saturated rings. The maximum absolute atomic E-state index is 11.9. The van der Waals surface area contributed by atoms with Crippen LogP contribution >= 0.6 is 0 Å². The molecule has 20 heavy (non-hydrogen) atoms. The van der Waals surface area contributed by atoms with E-state index in [9.17, 15) is 9.59 Å². The summed E-state index contributed by atoms with van der Waals surface area (Å²) in [5.41, 5.74) is 6.32. The molecule has 1 aliphatic rings. The van der Waals surface area contributed by atoms with Crippen molar-refractivity contribution in [3.05, 3.63) is 24.3 Å². The topological polar surface area (TPSA) is 75.9 Å². The van der Waals surface area contributed by atoms with Gasteiger partial charge in [-0.1, -0.05) is 12.1 Å². The van der Waals surface area contributed by atoms with Gasteiger partial charge >= 0.3 is 0 Å². The number of nitrogens with two attached hydrogens (primary N) is 1. The summed E-state index contributed by atoms with van der Waals surface area (Å²) in [5.74, 6) is 0.529. The number of nitrogens with zero attached hydrogens (tertiary/aromatic N) is 2. The Labute approximate surface area is 118 Å². The molecule has 1 aromatic rings. The lowest BCUT2D eigenvalue weighted by Gasteiger charge is -2.33. The lowest BCUT2D eigenvalue weighted by molar-refractivity contribution is -0.150. The quantitative estimate of drug-likeness (QED) is 0.787. The summed E-state index contributed by atoms with van der Waals surface area (Å²) in [5, 5.41) is 0. The van der Waals surface area contributed by atoms with Crippen LogP contribution in [0, 0.1) is 0 Å². The van der Waals surface area contributed by atoms with Crippen molar-refractivity contribution in [2.24, 2.45) is 0 Å². The van der Waals surface area contributed by atoms with Gasteiger partial charge in [-0.2, -0.15) is 0 Å². The Kier molecular flexibility index (Phi) is 4.45. The number of benzene rings is 1. The molecule has 1 aromatic carbocycles. The van der Waals surface area contributed by atoms with E-state index in [1.165, 1.54) is 4.90 Å². The highest BCUT2D eigenvalue weighted by atomic mass is 16.5. The first kappa shape index (κ1) is 14.2. The Morgan fingerprint density at radius 1 is 1.15 bits per heavy atom. The third-order valence-corrected chi connectivity index (χ3v) is 3.28. The largest absolute Gasteiger partial charge is 0.490 e. The zero-order valence-electron chi connectivity index (χ0n) is 11.5. The summed E-state index contributed by atoms with van der Waals surface area (Å²) in [4.78, 5) is 26.7. The third-order valence-electron chi connectivity index (χ3n) is 3.28. The molecule has 6 nitrogen and oxygen atoms in total. The Morgan fingerprint density at radius 2 is 1.80 bits per heavy atom. The van der Waals surface area contributed by atoms with Crippen molar-refractivity contribution in [3.8, 4) is 5.75 Å². The molecule has 2 rings (SSSR count). The molecule has 1 heterocycles. The average Bonchev–Trinajstić information content (AvgIpc) is 2.44. The van der Waals surface area contributed by atoms with E-state index in [0.29, 0.717) is 31.1 Å². The Morgan fingerprint density at radius 3 is 2.50 bits per heavy atom. The predicted molar refractivity (Wildman–Crippen MR) is 75.2 cm³/mol. The van der Waals surface area contributed by atoms with Gasteiger partial charge in [0, 0.05) is 6.54 Å². The molecule has 0 saturated carbocycles. The standard InChI is InChI=1S/C14H19N3O3/c1-2-16-9-14(19)17(10-13(16)18)7-8-20-12-6-4-3-5-11(12)15/h3-6H,2,7-10,15H2,1H3. The number of likely N-dealkylation sites (N-methyl/N-ethyl adjacent to an activating group) is 1. The number of hydrogen-bond acceptors (Lipinski definition) is 4. The number of rotatable bonds is 5. The number of carbonyl (C=O) groups is 2. The predicted octanol–water partition coefficient (Wildman–Crippen LogP) is 0.338. The lowest BCUT2D eigenvalue weighted by atomic mass is 10.3. The van der Waals surface area contributed by atoms with Crippen LogP contribution in [-0.4, -0.2) is 54.4 Å². The zero-order valence-corrected chi connectivity index (χ0v) is 11.5. The van der Waals surface area contributed by atoms with E-state index in [-0.39, 0.29) is 24.9 Å². The molecule has 0 aliphatic carbocycles. The molecule has 0 atom stereocenters. The van der Waals surface area contributed by atoms with Crippen LogP contribution in [0.15, 0.2) is 24.3 Å². The number of anilines is 1. The summed E-state index contributed by atoms with van der Waals surface area (Å²) in [6.07, 6.45) is 0. The minimum absolute atomic E-state index is 0.0219. The maximum atomic E-state index is 11.9. The van der Waals surface area contributed by atoms with Crippen molar-refractivity contribution in [1.29, 1.82) is 0 Å². The van der Waals surface area contributed by atoms with Crippen LogP contribution in [0.3, 0.4) is 0 Å². The average molecular weight is 277 g/mol. The molecule has 0 bridgehead atoms. The van der Waals surface area contributed by atoms with E-state index in [1.54, 1.807) is 17.0 Å². The van der Waals surface area contributed by atoms with Gasteiger partial charge in [0.05, 0.1) is 25.3 Å². The number of piperazine rings is 1. The number of ether oxygens (including phenoxy) is 1. The van der Waals surface area contributed by atoms with Crippen LogP contribution in [-0.2, 0) is 9.59 Å². The summed E-state index contributed by atoms with van der Waals surface area (Å²) in [6, 6.07) is 7.19. The maximum Gasteiger partial charge on any atom is 0.242 e. The Bertz CT molecular complexity index is 504. The fraction of sp³-hybridized carbons (Fsp3) is 0.429. The van der Waals surface area contributed by atoms with Crippen molar-refractivity contribution in [2.45, 2.75) is 6.92 Å². The van der Waals surface area contributed by atoms with Gasteiger partial charge in [0.25, 0.3) is 0 Å². The number of carbonyl (C=O) groups excluding carboxylic acids is 2. The Hall–Kier alpha value is -2.24. The van der Waals surface area contributed by atoms with Gasteiger partial charge in [-0.25, -0.2) is 0 Å². The molecular weight excluding hydrogens is 258 g/mol. The fourth-order valence-electron chi connectivity index (χ4n) is 2.07. The van der Waals surface area contributed by atoms with E-state index >= 15 is 0 Å². The van der Waals surface area contributed by atoms with Gasteiger partial charge in [-0.3, -0.25) is 9.59 Å². The number of para-hydroxylation sites is 2. The van der Waals surface area contributed by atoms with Crippen LogP contribution in [0.1, 0.15) is 6.92 Å². The first-order chi connectivity index (χ1) is 9.61. The van der Waals surface area contributed by atoms with Crippen molar-refractivity contribution < 1.29 is 14.3 Å². The second-order valence-electron chi connectivity index (χ2n) is 4.61. The fourth-order valence-corrected chi connectivity index (χ4v) is 2.07. The van der Waals surface area contributed by atoms with Crippen LogP contribution in [0.2, 0.25) is 0 Å². The molecule has 2 N–H and O–H groups in total. The van der Waals surface area contributed by atoms with Gasteiger partial charge in [-0.15, -0.1) is 0 Å². The molecule has 6 heteroatoms. The monoisotopic (exact) mass is 277 g/mol. The molecule has 108 valence electrons. The molecule has 2 amide bonds. The van der Waals surface area contributed by atoms with Crippen LogP contribution in [0.25, 0.3) is 0 Å². The van der Waals surface area contributed by atoms with Crippen LogP contribution in [0.4, 0.5) is 5.69 Å². The minimum atomic E-state index is -0.0453. The normalized spacial score (nSPS) is 15.7. The van der Waals surface area contributed by atoms with Gasteiger partial charge < -0.3 is 20.3 Å². The summed E-state index contributed by atoms with van der Waals surface area (Å²) in [7, 11) is 0. The van der Waals surface area contributed by atoms with Gasteiger partial charge in [-0.05, 0) is 19.1 Å². The summed E-state index contributed by atoms with van der Waals surface area (Å²) in [6.45, 7) is 3.41. The molecule has 0 unspecified atom stereocenters. The third kappa shape index (κ3) is 3.20. The minimum Gasteiger partial charge on any atom is -0.490 e. The highest BCUT2D eigenvalue weighted by molar-refractivity contribution is 5.92. The van der Waals surface area contributed by atoms with Crippen molar-refractivity contribution in [2.75, 3.05) is 38.5 Å². The SMILES string of the molecule is CCN1CC(=O)N(CCOc2ccccc2N)CC1=O. The molecule has 1 aliphatic heterocycles. The van der Waals surface area contributed by atoms with E-state index < -0.39 is 0 Å². The van der Waals surface area contributed by atoms with E-state index in [0.717, 1.165) is 0 Å². The van der Waals surface area contributed by atoms with Gasteiger partial charge in [0.1, 0.15) is 12.4 Å². The van der Waals surface area contributed by atoms with E-state index in [4.69, 9.17) is 10.5 Å². The first-order valence-electron chi connectivity index (χ1n) is 6.64. The number of amides is 2. The number of hydrogen-bond donors (Lipinski definition) is 1. The van der Waals surface area contributed by atoms with Crippen LogP contribution in [0.5, 0.6) is 5.75 Å². The second-order valence-corrected chi connectivity index (χ2v) is 4.61. The van der Waals surface area contributed by atoms with Gasteiger partial charge in [0.2, 0.25) is 11.8 Å². The molecule has 0 spiro atoms. The van der Waals surface area contributed by atoms with Crippen LogP contribution < -0.4 is 10.5 Å². The highest BCUT2D eigenvalue weighted by Crippen LogP contribution is 2.19. The van der Waals surface area contributed by atoms with Gasteiger partial charge in [0.15, 0.2) is 0 Å².